The Morgan fingerprint density at radius 3 is 2.85 bits per heavy atom. The lowest BCUT2D eigenvalue weighted by Gasteiger charge is -2.42. The van der Waals surface area contributed by atoms with E-state index < -0.39 is 5.63 Å². The number of hydrogen-bond acceptors (Lipinski definition) is 5. The SMILES string of the molecule is O=c1cc(CN2CC3CC(C2)c2cccc(=O)n2C3)c2ccc(O)cc2o1. The van der Waals surface area contributed by atoms with Gasteiger partial charge in [0.1, 0.15) is 11.3 Å². The highest BCUT2D eigenvalue weighted by Gasteiger charge is 2.34. The van der Waals surface area contributed by atoms with Gasteiger partial charge in [-0.25, -0.2) is 4.79 Å². The van der Waals surface area contributed by atoms with Crippen molar-refractivity contribution in [3.8, 4) is 5.75 Å². The van der Waals surface area contributed by atoms with Crippen LogP contribution in [0, 0.1) is 5.92 Å². The van der Waals surface area contributed by atoms with E-state index in [0.717, 1.165) is 42.7 Å². The zero-order valence-corrected chi connectivity index (χ0v) is 14.8. The molecule has 138 valence electrons. The molecule has 5 rings (SSSR count). The summed E-state index contributed by atoms with van der Waals surface area (Å²) in [5.41, 5.74) is 2.11. The molecule has 1 fully saturated rings. The maximum absolute atomic E-state index is 12.2. The van der Waals surface area contributed by atoms with E-state index in [1.165, 1.54) is 6.07 Å². The number of rotatable bonds is 2. The predicted octanol–water partition coefficient (Wildman–Crippen LogP) is 2.28. The number of nitrogens with zero attached hydrogens (tertiary/aromatic N) is 2. The molecule has 2 aromatic heterocycles. The minimum Gasteiger partial charge on any atom is -0.508 e. The Bertz CT molecular complexity index is 1150. The van der Waals surface area contributed by atoms with E-state index in [-0.39, 0.29) is 11.3 Å². The molecule has 6 heteroatoms. The zero-order valence-electron chi connectivity index (χ0n) is 14.8. The third-order valence-corrected chi connectivity index (χ3v) is 5.76. The second-order valence-electron chi connectivity index (χ2n) is 7.66. The summed E-state index contributed by atoms with van der Waals surface area (Å²) >= 11 is 0. The molecule has 1 N–H and O–H groups in total. The van der Waals surface area contributed by atoms with Crippen molar-refractivity contribution in [1.82, 2.24) is 9.47 Å². The minimum atomic E-state index is -0.405. The number of piperidine rings is 1. The van der Waals surface area contributed by atoms with Gasteiger partial charge in [0.15, 0.2) is 0 Å². The standard InChI is InChI=1S/C21H20N2O4/c24-16-4-5-17-14(7-21(26)27-19(17)8-16)11-22-9-13-6-15(12-22)18-2-1-3-20(25)23(18)10-13/h1-5,7-8,13,15,24H,6,9-12H2. The zero-order chi connectivity index (χ0) is 18.5. The molecule has 4 heterocycles. The van der Waals surface area contributed by atoms with Crippen molar-refractivity contribution >= 4 is 11.0 Å². The molecule has 0 aliphatic carbocycles. The average Bonchev–Trinajstić information content (AvgIpc) is 2.62. The number of hydrogen-bond donors (Lipinski definition) is 1. The predicted molar refractivity (Wildman–Crippen MR) is 101 cm³/mol. The molecule has 0 radical (unpaired) electrons. The summed E-state index contributed by atoms with van der Waals surface area (Å²) in [6.07, 6.45) is 1.10. The first-order valence-corrected chi connectivity index (χ1v) is 9.25. The van der Waals surface area contributed by atoms with Crippen molar-refractivity contribution in [3.63, 3.8) is 0 Å². The van der Waals surface area contributed by atoms with Crippen LogP contribution in [0.4, 0.5) is 0 Å². The lowest BCUT2D eigenvalue weighted by molar-refractivity contribution is 0.114. The van der Waals surface area contributed by atoms with Gasteiger partial charge >= 0.3 is 5.63 Å². The summed E-state index contributed by atoms with van der Waals surface area (Å²) < 4.78 is 7.16. The average molecular weight is 364 g/mol. The highest BCUT2D eigenvalue weighted by Crippen LogP contribution is 2.36. The molecular weight excluding hydrogens is 344 g/mol. The van der Waals surface area contributed by atoms with Crippen LogP contribution >= 0.6 is 0 Å². The minimum absolute atomic E-state index is 0.0809. The number of fused-ring (bicyclic) bond motifs is 5. The Morgan fingerprint density at radius 2 is 1.96 bits per heavy atom. The molecular formula is C21H20N2O4. The van der Waals surface area contributed by atoms with Crippen LogP contribution in [0.15, 0.2) is 56.5 Å². The number of aromatic hydroxyl groups is 1. The van der Waals surface area contributed by atoms with Crippen LogP contribution in [0.25, 0.3) is 11.0 Å². The second-order valence-corrected chi connectivity index (χ2v) is 7.66. The first-order valence-electron chi connectivity index (χ1n) is 9.25. The molecule has 2 aliphatic rings. The molecule has 6 nitrogen and oxygen atoms in total. The van der Waals surface area contributed by atoms with Gasteiger partial charge in [0.05, 0.1) is 0 Å². The number of likely N-dealkylation sites (tertiary alicyclic amines) is 1. The normalized spacial score (nSPS) is 21.9. The fraction of sp³-hybridized carbons (Fsp3) is 0.333. The van der Waals surface area contributed by atoms with Crippen LogP contribution in [0.1, 0.15) is 23.6 Å². The second kappa shape index (κ2) is 6.09. The number of aromatic nitrogens is 1. The maximum Gasteiger partial charge on any atom is 0.336 e. The summed E-state index contributed by atoms with van der Waals surface area (Å²) in [5.74, 6) is 0.853. The Balaban J connectivity index is 1.48. The van der Waals surface area contributed by atoms with E-state index in [1.807, 2.05) is 10.6 Å². The molecule has 2 aliphatic heterocycles. The molecule has 1 aromatic carbocycles. The lowest BCUT2D eigenvalue weighted by Crippen LogP contribution is -2.46. The molecule has 0 spiro atoms. The third-order valence-electron chi connectivity index (χ3n) is 5.76. The lowest BCUT2D eigenvalue weighted by atomic mass is 9.83. The summed E-state index contributed by atoms with van der Waals surface area (Å²) in [4.78, 5) is 26.5. The molecule has 2 unspecified atom stereocenters. The highest BCUT2D eigenvalue weighted by atomic mass is 16.4. The van der Waals surface area contributed by atoms with Gasteiger partial charge < -0.3 is 14.1 Å². The fourth-order valence-corrected chi connectivity index (χ4v) is 4.72. The van der Waals surface area contributed by atoms with Gasteiger partial charge in [-0.2, -0.15) is 0 Å². The number of phenolic OH excluding ortho intramolecular Hbond substituents is 1. The molecule has 0 saturated carbocycles. The molecule has 27 heavy (non-hydrogen) atoms. The molecule has 3 aromatic rings. The molecule has 0 amide bonds. The van der Waals surface area contributed by atoms with Crippen LogP contribution in [-0.2, 0) is 13.1 Å². The van der Waals surface area contributed by atoms with E-state index in [0.29, 0.717) is 24.0 Å². The van der Waals surface area contributed by atoms with Crippen LogP contribution in [0.3, 0.4) is 0 Å². The number of pyridine rings is 1. The monoisotopic (exact) mass is 364 g/mol. The largest absolute Gasteiger partial charge is 0.508 e. The van der Waals surface area contributed by atoms with Crippen molar-refractivity contribution in [2.75, 3.05) is 13.1 Å². The topological polar surface area (TPSA) is 75.7 Å². The van der Waals surface area contributed by atoms with Gasteiger partial charge in [0.25, 0.3) is 5.56 Å². The van der Waals surface area contributed by atoms with E-state index in [1.54, 1.807) is 24.3 Å². The van der Waals surface area contributed by atoms with Crippen LogP contribution in [0.2, 0.25) is 0 Å². The van der Waals surface area contributed by atoms with Gasteiger partial charge in [0.2, 0.25) is 0 Å². The van der Waals surface area contributed by atoms with Gasteiger partial charge in [-0.05, 0) is 36.1 Å². The van der Waals surface area contributed by atoms with E-state index in [4.69, 9.17) is 4.42 Å². The molecule has 2 atom stereocenters. The molecule has 1 saturated heterocycles. The van der Waals surface area contributed by atoms with Crippen LogP contribution in [-0.4, -0.2) is 27.7 Å². The molecule has 2 bridgehead atoms. The summed E-state index contributed by atoms with van der Waals surface area (Å²) in [7, 11) is 0. The number of phenols is 1. The Kier molecular flexibility index (Phi) is 3.68. The van der Waals surface area contributed by atoms with Crippen LogP contribution in [0.5, 0.6) is 5.75 Å². The van der Waals surface area contributed by atoms with Crippen molar-refractivity contribution < 1.29 is 9.52 Å². The summed E-state index contributed by atoms with van der Waals surface area (Å²) in [6, 6.07) is 12.0. The quantitative estimate of drug-likeness (QED) is 0.706. The van der Waals surface area contributed by atoms with Gasteiger partial charge in [-0.3, -0.25) is 9.69 Å². The van der Waals surface area contributed by atoms with Crippen molar-refractivity contribution in [1.29, 1.82) is 0 Å². The first kappa shape index (κ1) is 16.3. The summed E-state index contributed by atoms with van der Waals surface area (Å²) in [6.45, 7) is 3.17. The highest BCUT2D eigenvalue weighted by molar-refractivity contribution is 5.81. The maximum atomic E-state index is 12.2. The van der Waals surface area contributed by atoms with E-state index >= 15 is 0 Å². The smallest absolute Gasteiger partial charge is 0.336 e. The third kappa shape index (κ3) is 2.86. The van der Waals surface area contributed by atoms with Crippen molar-refractivity contribution in [2.45, 2.75) is 25.4 Å². The van der Waals surface area contributed by atoms with Crippen molar-refractivity contribution in [3.05, 3.63) is 74.5 Å². The Hall–Kier alpha value is -2.86. The Morgan fingerprint density at radius 1 is 1.07 bits per heavy atom. The van der Waals surface area contributed by atoms with E-state index in [9.17, 15) is 14.7 Å². The number of benzene rings is 1. The first-order chi connectivity index (χ1) is 13.1. The summed E-state index contributed by atoms with van der Waals surface area (Å²) in [5, 5.41) is 10.5. The van der Waals surface area contributed by atoms with Gasteiger partial charge in [-0.15, -0.1) is 0 Å². The van der Waals surface area contributed by atoms with Gasteiger partial charge in [0, 0.05) is 61.4 Å². The van der Waals surface area contributed by atoms with Crippen LogP contribution < -0.4 is 11.2 Å². The fourth-order valence-electron chi connectivity index (χ4n) is 4.72. The van der Waals surface area contributed by atoms with Crippen molar-refractivity contribution in [2.24, 2.45) is 5.92 Å². The Labute approximate surface area is 155 Å². The van der Waals surface area contributed by atoms with Gasteiger partial charge in [-0.1, -0.05) is 6.07 Å². The van der Waals surface area contributed by atoms with E-state index in [2.05, 4.69) is 11.0 Å².